The van der Waals surface area contributed by atoms with Crippen molar-refractivity contribution in [1.29, 1.82) is 0 Å². The summed E-state index contributed by atoms with van der Waals surface area (Å²) in [6, 6.07) is 17.4. The first-order valence-corrected chi connectivity index (χ1v) is 10.5. The molecule has 32 heavy (non-hydrogen) atoms. The van der Waals surface area contributed by atoms with Crippen LogP contribution in [0.25, 0.3) is 0 Å². The van der Waals surface area contributed by atoms with Gasteiger partial charge in [0, 0.05) is 16.9 Å². The summed E-state index contributed by atoms with van der Waals surface area (Å²) in [5.41, 5.74) is 1.80. The second-order valence-corrected chi connectivity index (χ2v) is 7.34. The molecule has 0 fully saturated rings. The number of aromatic nitrogens is 1. The third-order valence-electron chi connectivity index (χ3n) is 4.52. The molecule has 166 valence electrons. The predicted octanol–water partition coefficient (Wildman–Crippen LogP) is 4.91. The third-order valence-corrected chi connectivity index (χ3v) is 4.75. The minimum atomic E-state index is -0.655. The van der Waals surface area contributed by atoms with Crippen LogP contribution in [0.4, 0.5) is 11.5 Å². The number of carbonyl (C=O) groups excluding carboxylic acids is 2. The van der Waals surface area contributed by atoms with E-state index < -0.39 is 18.5 Å². The van der Waals surface area contributed by atoms with Crippen LogP contribution in [0.5, 0.6) is 5.75 Å². The first-order chi connectivity index (χ1) is 15.5. The van der Waals surface area contributed by atoms with Crippen LogP contribution in [0.3, 0.4) is 0 Å². The Morgan fingerprint density at radius 3 is 2.59 bits per heavy atom. The Kier molecular flexibility index (Phi) is 8.05. The Labute approximate surface area is 191 Å². The summed E-state index contributed by atoms with van der Waals surface area (Å²) in [6.07, 6.45) is 1.56. The fourth-order valence-corrected chi connectivity index (χ4v) is 3.16. The molecule has 3 aromatic rings. The number of pyridine rings is 1. The van der Waals surface area contributed by atoms with Gasteiger partial charge >= 0.3 is 5.97 Å². The Balaban J connectivity index is 1.58. The summed E-state index contributed by atoms with van der Waals surface area (Å²) in [4.78, 5) is 29.0. The van der Waals surface area contributed by atoms with Gasteiger partial charge in [-0.2, -0.15) is 0 Å². The number of benzene rings is 2. The van der Waals surface area contributed by atoms with Gasteiger partial charge in [0.1, 0.15) is 17.1 Å². The molecule has 3 rings (SSSR count). The van der Waals surface area contributed by atoms with Gasteiger partial charge in [0.25, 0.3) is 5.91 Å². The highest BCUT2D eigenvalue weighted by Crippen LogP contribution is 2.22. The highest BCUT2D eigenvalue weighted by Gasteiger charge is 2.17. The van der Waals surface area contributed by atoms with Crippen LogP contribution in [0.15, 0.2) is 66.9 Å². The molecule has 1 heterocycles. The molecule has 8 heteroatoms. The fraction of sp³-hybridized carbons (Fsp3) is 0.208. The summed E-state index contributed by atoms with van der Waals surface area (Å²) in [6.45, 7) is 3.90. The lowest BCUT2D eigenvalue weighted by molar-refractivity contribution is -0.124. The quantitative estimate of drug-likeness (QED) is 0.447. The Morgan fingerprint density at radius 1 is 1.09 bits per heavy atom. The second kappa shape index (κ2) is 11.2. The number of anilines is 2. The number of halogens is 1. The van der Waals surface area contributed by atoms with E-state index >= 15 is 0 Å². The van der Waals surface area contributed by atoms with Crippen molar-refractivity contribution in [2.24, 2.45) is 0 Å². The number of hydrogen-bond donors (Lipinski definition) is 2. The molecule has 0 bridgehead atoms. The highest BCUT2D eigenvalue weighted by molar-refractivity contribution is 6.30. The number of amides is 1. The van der Waals surface area contributed by atoms with Gasteiger partial charge in [0.15, 0.2) is 6.61 Å². The van der Waals surface area contributed by atoms with Crippen molar-refractivity contribution in [1.82, 2.24) is 10.3 Å². The lowest BCUT2D eigenvalue weighted by atomic mass is 10.1. The lowest BCUT2D eigenvalue weighted by Crippen LogP contribution is -2.31. The van der Waals surface area contributed by atoms with E-state index in [1.54, 1.807) is 30.5 Å². The molecule has 0 saturated heterocycles. The molecular formula is C24H24ClN3O4. The number of rotatable bonds is 9. The maximum absolute atomic E-state index is 12.6. The van der Waals surface area contributed by atoms with E-state index in [-0.39, 0.29) is 11.6 Å². The molecule has 0 aliphatic heterocycles. The van der Waals surface area contributed by atoms with E-state index in [0.29, 0.717) is 17.4 Å². The molecule has 0 aliphatic carbocycles. The largest absolute Gasteiger partial charge is 0.494 e. The monoisotopic (exact) mass is 453 g/mol. The molecule has 1 atom stereocenters. The molecule has 1 amide bonds. The van der Waals surface area contributed by atoms with Crippen LogP contribution in [-0.2, 0) is 9.53 Å². The normalized spacial score (nSPS) is 11.3. The molecular weight excluding hydrogens is 430 g/mol. The Hall–Kier alpha value is -3.58. The van der Waals surface area contributed by atoms with Gasteiger partial charge in [0.2, 0.25) is 0 Å². The van der Waals surface area contributed by atoms with Crippen LogP contribution >= 0.6 is 11.6 Å². The molecule has 2 N–H and O–H groups in total. The summed E-state index contributed by atoms with van der Waals surface area (Å²) < 4.78 is 10.6. The Morgan fingerprint density at radius 2 is 1.88 bits per heavy atom. The SMILES string of the molecule is CCOc1ccc(Nc2ncccc2C(=O)OCC(=O)NC(C)c2cccc(Cl)c2)cc1. The maximum atomic E-state index is 12.6. The summed E-state index contributed by atoms with van der Waals surface area (Å²) in [7, 11) is 0. The van der Waals surface area contributed by atoms with Crippen LogP contribution in [0, 0.1) is 0 Å². The van der Waals surface area contributed by atoms with E-state index in [1.165, 1.54) is 0 Å². The number of nitrogens with zero attached hydrogens (tertiary/aromatic N) is 1. The lowest BCUT2D eigenvalue weighted by Gasteiger charge is -2.15. The number of hydrogen-bond acceptors (Lipinski definition) is 6. The number of nitrogens with one attached hydrogen (secondary N) is 2. The third kappa shape index (κ3) is 6.46. The zero-order valence-corrected chi connectivity index (χ0v) is 18.6. The summed E-state index contributed by atoms with van der Waals surface area (Å²) in [5.74, 6) is -0.00100. The van der Waals surface area contributed by atoms with E-state index in [9.17, 15) is 9.59 Å². The first kappa shape index (κ1) is 23.1. The van der Waals surface area contributed by atoms with Crippen LogP contribution in [0.1, 0.15) is 35.8 Å². The highest BCUT2D eigenvalue weighted by atomic mass is 35.5. The second-order valence-electron chi connectivity index (χ2n) is 6.90. The topological polar surface area (TPSA) is 89.6 Å². The maximum Gasteiger partial charge on any atom is 0.342 e. The van der Waals surface area contributed by atoms with Gasteiger partial charge < -0.3 is 20.1 Å². The molecule has 2 aromatic carbocycles. The zero-order chi connectivity index (χ0) is 22.9. The van der Waals surface area contributed by atoms with Crippen molar-refractivity contribution < 1.29 is 19.1 Å². The minimum Gasteiger partial charge on any atom is -0.494 e. The smallest absolute Gasteiger partial charge is 0.342 e. The number of ether oxygens (including phenoxy) is 2. The van der Waals surface area contributed by atoms with Crippen molar-refractivity contribution in [2.75, 3.05) is 18.5 Å². The zero-order valence-electron chi connectivity index (χ0n) is 17.8. The van der Waals surface area contributed by atoms with Gasteiger partial charge in [-0.1, -0.05) is 23.7 Å². The van der Waals surface area contributed by atoms with Crippen LogP contribution < -0.4 is 15.4 Å². The molecule has 1 aromatic heterocycles. The molecule has 1 unspecified atom stereocenters. The molecule has 7 nitrogen and oxygen atoms in total. The van der Waals surface area contributed by atoms with Gasteiger partial charge in [-0.15, -0.1) is 0 Å². The predicted molar refractivity (Wildman–Crippen MR) is 123 cm³/mol. The summed E-state index contributed by atoms with van der Waals surface area (Å²) in [5, 5.41) is 6.45. The van der Waals surface area contributed by atoms with Crippen molar-refractivity contribution in [3.05, 3.63) is 83.0 Å². The van der Waals surface area contributed by atoms with E-state index in [1.807, 2.05) is 50.2 Å². The molecule has 0 spiro atoms. The van der Waals surface area contributed by atoms with E-state index in [4.69, 9.17) is 21.1 Å². The molecule has 0 saturated carbocycles. The standard InChI is InChI=1S/C24H24ClN3O4/c1-3-31-20-11-9-19(10-12-20)28-23-21(8-5-13-26-23)24(30)32-15-22(29)27-16(2)17-6-4-7-18(25)14-17/h4-14,16H,3,15H2,1-2H3,(H,26,28)(H,27,29). The van der Waals surface area contributed by atoms with E-state index in [2.05, 4.69) is 15.6 Å². The van der Waals surface area contributed by atoms with Crippen molar-refractivity contribution >= 4 is 35.0 Å². The van der Waals surface area contributed by atoms with Crippen LogP contribution in [0.2, 0.25) is 5.02 Å². The molecule has 0 aliphatic rings. The number of carbonyl (C=O) groups is 2. The van der Waals surface area contributed by atoms with Crippen molar-refractivity contribution in [2.45, 2.75) is 19.9 Å². The van der Waals surface area contributed by atoms with Crippen molar-refractivity contribution in [3.8, 4) is 5.75 Å². The fourth-order valence-electron chi connectivity index (χ4n) is 2.96. The van der Waals surface area contributed by atoms with Gasteiger partial charge in [-0.3, -0.25) is 4.79 Å². The summed E-state index contributed by atoms with van der Waals surface area (Å²) >= 11 is 5.99. The average Bonchev–Trinajstić information content (AvgIpc) is 2.79. The van der Waals surface area contributed by atoms with E-state index in [0.717, 1.165) is 17.0 Å². The Bertz CT molecular complexity index is 1070. The molecule has 0 radical (unpaired) electrons. The van der Waals surface area contributed by atoms with Crippen LogP contribution in [-0.4, -0.2) is 30.1 Å². The minimum absolute atomic E-state index is 0.220. The van der Waals surface area contributed by atoms with Gasteiger partial charge in [-0.05, 0) is 67.9 Å². The van der Waals surface area contributed by atoms with Crippen molar-refractivity contribution in [3.63, 3.8) is 0 Å². The van der Waals surface area contributed by atoms with Gasteiger partial charge in [-0.25, -0.2) is 9.78 Å². The average molecular weight is 454 g/mol. The first-order valence-electron chi connectivity index (χ1n) is 10.1. The number of esters is 1. The van der Waals surface area contributed by atoms with Gasteiger partial charge in [0.05, 0.1) is 12.6 Å².